The van der Waals surface area contributed by atoms with E-state index in [9.17, 15) is 4.79 Å². The second-order valence-electron chi connectivity index (χ2n) is 6.37. The van der Waals surface area contributed by atoms with Gasteiger partial charge in [0, 0.05) is 5.57 Å². The first-order valence-corrected chi connectivity index (χ1v) is 8.76. The van der Waals surface area contributed by atoms with E-state index in [2.05, 4.69) is 6.92 Å². The normalized spacial score (nSPS) is 25.6. The van der Waals surface area contributed by atoms with E-state index in [0.717, 1.165) is 37.7 Å². The Balaban J connectivity index is 2.03. The van der Waals surface area contributed by atoms with Crippen LogP contribution in [-0.4, -0.2) is 12.1 Å². The van der Waals surface area contributed by atoms with Gasteiger partial charge in [-0.25, -0.2) is 4.79 Å². The maximum absolute atomic E-state index is 12.1. The predicted octanol–water partition coefficient (Wildman–Crippen LogP) is 5.31. The molecule has 0 aromatic heterocycles. The summed E-state index contributed by atoms with van der Waals surface area (Å²) in [6, 6.07) is 0. The van der Waals surface area contributed by atoms with Gasteiger partial charge >= 0.3 is 5.97 Å². The monoisotopic (exact) mass is 278 g/mol. The van der Waals surface area contributed by atoms with Crippen LogP contribution >= 0.6 is 0 Å². The Hall–Kier alpha value is -0.790. The van der Waals surface area contributed by atoms with Gasteiger partial charge in [-0.05, 0) is 44.1 Å². The van der Waals surface area contributed by atoms with Gasteiger partial charge in [-0.15, -0.1) is 0 Å². The fraction of sp³-hybridized carbons (Fsp3) is 0.833. The van der Waals surface area contributed by atoms with E-state index in [4.69, 9.17) is 4.74 Å². The number of rotatable bonds is 3. The SMILES string of the molecule is CCCCC1OC(=O)C2=C1CCCCCCCCCC2. The number of carbonyl (C=O) groups is 1. The molecule has 1 aliphatic heterocycles. The van der Waals surface area contributed by atoms with E-state index >= 15 is 0 Å². The molecule has 114 valence electrons. The fourth-order valence-electron chi connectivity index (χ4n) is 3.47. The second kappa shape index (κ2) is 8.49. The van der Waals surface area contributed by atoms with Gasteiger partial charge in [0.2, 0.25) is 0 Å². The quantitative estimate of drug-likeness (QED) is 0.654. The molecule has 0 amide bonds. The highest BCUT2D eigenvalue weighted by Crippen LogP contribution is 2.33. The molecule has 2 nitrogen and oxygen atoms in total. The van der Waals surface area contributed by atoms with Crippen LogP contribution in [0.5, 0.6) is 0 Å². The molecule has 0 spiro atoms. The lowest BCUT2D eigenvalue weighted by Crippen LogP contribution is -2.11. The summed E-state index contributed by atoms with van der Waals surface area (Å²) < 4.78 is 5.65. The molecule has 1 heterocycles. The van der Waals surface area contributed by atoms with Gasteiger partial charge in [0.15, 0.2) is 0 Å². The van der Waals surface area contributed by atoms with E-state index < -0.39 is 0 Å². The Bertz CT molecular complexity index is 343. The molecule has 1 aliphatic carbocycles. The fourth-order valence-corrected chi connectivity index (χ4v) is 3.47. The van der Waals surface area contributed by atoms with Crippen molar-refractivity contribution in [3.63, 3.8) is 0 Å². The third-order valence-corrected chi connectivity index (χ3v) is 4.71. The van der Waals surface area contributed by atoms with Crippen LogP contribution in [-0.2, 0) is 9.53 Å². The average Bonchev–Trinajstić information content (AvgIpc) is 2.72. The first-order chi connectivity index (χ1) is 9.83. The number of ether oxygens (including phenoxy) is 1. The third-order valence-electron chi connectivity index (χ3n) is 4.71. The van der Waals surface area contributed by atoms with Crippen molar-refractivity contribution in [3.8, 4) is 0 Å². The van der Waals surface area contributed by atoms with Gasteiger partial charge in [0.05, 0.1) is 0 Å². The zero-order chi connectivity index (χ0) is 14.2. The van der Waals surface area contributed by atoms with Crippen LogP contribution in [0.2, 0.25) is 0 Å². The third kappa shape index (κ3) is 4.36. The van der Waals surface area contributed by atoms with Gasteiger partial charge in [0.1, 0.15) is 6.10 Å². The molecule has 20 heavy (non-hydrogen) atoms. The summed E-state index contributed by atoms with van der Waals surface area (Å²) >= 11 is 0. The molecule has 0 saturated heterocycles. The number of carbonyl (C=O) groups excluding carboxylic acids is 1. The predicted molar refractivity (Wildman–Crippen MR) is 82.6 cm³/mol. The summed E-state index contributed by atoms with van der Waals surface area (Å²) in [5.74, 6) is -0.00170. The van der Waals surface area contributed by atoms with Crippen molar-refractivity contribution >= 4 is 5.97 Å². The molecule has 0 saturated carbocycles. The topological polar surface area (TPSA) is 26.3 Å². The van der Waals surface area contributed by atoms with Gasteiger partial charge in [-0.3, -0.25) is 0 Å². The Kier molecular flexibility index (Phi) is 6.62. The molecule has 2 rings (SSSR count). The van der Waals surface area contributed by atoms with E-state index in [0.29, 0.717) is 0 Å². The maximum atomic E-state index is 12.1. The number of esters is 1. The van der Waals surface area contributed by atoms with E-state index in [-0.39, 0.29) is 12.1 Å². The highest BCUT2D eigenvalue weighted by molar-refractivity contribution is 5.92. The van der Waals surface area contributed by atoms with Gasteiger partial charge in [-0.1, -0.05) is 51.9 Å². The Morgan fingerprint density at radius 3 is 2.20 bits per heavy atom. The molecule has 0 radical (unpaired) electrons. The summed E-state index contributed by atoms with van der Waals surface area (Å²) in [6.07, 6.45) is 15.9. The van der Waals surface area contributed by atoms with Crippen molar-refractivity contribution in [2.45, 2.75) is 96.5 Å². The van der Waals surface area contributed by atoms with Crippen molar-refractivity contribution in [1.82, 2.24) is 0 Å². The number of unbranched alkanes of at least 4 members (excludes halogenated alkanes) is 1. The first kappa shape index (κ1) is 15.6. The molecule has 0 N–H and O–H groups in total. The lowest BCUT2D eigenvalue weighted by Gasteiger charge is -2.14. The standard InChI is InChI=1S/C18H30O2/c1-2-3-14-17-15-12-10-8-6-4-5-7-9-11-13-16(15)18(19)20-17/h17H,2-14H2,1H3. The van der Waals surface area contributed by atoms with Crippen molar-refractivity contribution in [1.29, 1.82) is 0 Å². The minimum atomic E-state index is -0.00170. The van der Waals surface area contributed by atoms with Crippen LogP contribution in [0, 0.1) is 0 Å². The van der Waals surface area contributed by atoms with Crippen molar-refractivity contribution in [2.75, 3.05) is 0 Å². The van der Waals surface area contributed by atoms with Crippen molar-refractivity contribution in [3.05, 3.63) is 11.1 Å². The summed E-state index contributed by atoms with van der Waals surface area (Å²) in [5.41, 5.74) is 2.41. The molecule has 1 atom stereocenters. The molecule has 2 heteroatoms. The Labute approximate surface area is 124 Å². The molecule has 1 unspecified atom stereocenters. The minimum absolute atomic E-state index is 0.00170. The number of hydrogen-bond acceptors (Lipinski definition) is 2. The van der Waals surface area contributed by atoms with Crippen molar-refractivity contribution < 1.29 is 9.53 Å². The highest BCUT2D eigenvalue weighted by Gasteiger charge is 2.32. The summed E-state index contributed by atoms with van der Waals surface area (Å²) in [5, 5.41) is 0. The van der Waals surface area contributed by atoms with Crippen LogP contribution in [0.3, 0.4) is 0 Å². The maximum Gasteiger partial charge on any atom is 0.334 e. The van der Waals surface area contributed by atoms with E-state index in [1.807, 2.05) is 0 Å². The summed E-state index contributed by atoms with van der Waals surface area (Å²) in [6.45, 7) is 2.20. The molecule has 0 aromatic carbocycles. The summed E-state index contributed by atoms with van der Waals surface area (Å²) in [4.78, 5) is 12.1. The highest BCUT2D eigenvalue weighted by atomic mass is 16.5. The second-order valence-corrected chi connectivity index (χ2v) is 6.37. The largest absolute Gasteiger partial charge is 0.454 e. The van der Waals surface area contributed by atoms with E-state index in [1.165, 1.54) is 56.9 Å². The van der Waals surface area contributed by atoms with Crippen LogP contribution in [0.25, 0.3) is 0 Å². The number of cyclic esters (lactones) is 1. The number of hydrogen-bond donors (Lipinski definition) is 0. The van der Waals surface area contributed by atoms with Gasteiger partial charge < -0.3 is 4.74 Å². The van der Waals surface area contributed by atoms with Crippen LogP contribution < -0.4 is 0 Å². The Morgan fingerprint density at radius 2 is 1.55 bits per heavy atom. The molecule has 2 aliphatic rings. The molecule has 0 aromatic rings. The minimum Gasteiger partial charge on any atom is -0.454 e. The van der Waals surface area contributed by atoms with Crippen LogP contribution in [0.15, 0.2) is 11.1 Å². The zero-order valence-electron chi connectivity index (χ0n) is 13.1. The van der Waals surface area contributed by atoms with Crippen molar-refractivity contribution in [2.24, 2.45) is 0 Å². The van der Waals surface area contributed by atoms with Crippen LogP contribution in [0.1, 0.15) is 90.4 Å². The molecular weight excluding hydrogens is 248 g/mol. The smallest absolute Gasteiger partial charge is 0.334 e. The van der Waals surface area contributed by atoms with Gasteiger partial charge in [0.25, 0.3) is 0 Å². The lowest BCUT2D eigenvalue weighted by atomic mass is 9.92. The molecular formula is C18H30O2. The summed E-state index contributed by atoms with van der Waals surface area (Å²) in [7, 11) is 0. The zero-order valence-corrected chi connectivity index (χ0v) is 13.1. The molecule has 0 fully saturated rings. The van der Waals surface area contributed by atoms with Gasteiger partial charge in [-0.2, -0.15) is 0 Å². The average molecular weight is 278 g/mol. The van der Waals surface area contributed by atoms with Crippen LogP contribution in [0.4, 0.5) is 0 Å². The first-order valence-electron chi connectivity index (χ1n) is 8.76. The lowest BCUT2D eigenvalue weighted by molar-refractivity contribution is -0.140. The van der Waals surface area contributed by atoms with E-state index in [1.54, 1.807) is 0 Å². The Morgan fingerprint density at radius 1 is 0.950 bits per heavy atom. The molecule has 0 bridgehead atoms.